The highest BCUT2D eigenvalue weighted by Crippen LogP contribution is 2.29. The summed E-state index contributed by atoms with van der Waals surface area (Å²) in [6, 6.07) is 9.58. The number of benzene rings is 2. The molecule has 0 fully saturated rings. The van der Waals surface area contributed by atoms with E-state index in [9.17, 15) is 4.79 Å². The van der Waals surface area contributed by atoms with Crippen LogP contribution in [0.1, 0.15) is 29.8 Å². The third kappa shape index (κ3) is 5.27. The minimum atomic E-state index is -0.692. The van der Waals surface area contributed by atoms with Crippen molar-refractivity contribution in [3.05, 3.63) is 52.5 Å². The molecule has 2 aromatic rings. The van der Waals surface area contributed by atoms with E-state index < -0.39 is 5.97 Å². The molecule has 0 saturated carbocycles. The maximum Gasteiger partial charge on any atom is 0.365 e. The molecule has 8 heteroatoms. The normalized spacial score (nSPS) is 11.0. The Morgan fingerprint density at radius 1 is 1.04 bits per heavy atom. The van der Waals surface area contributed by atoms with Crippen molar-refractivity contribution in [2.75, 3.05) is 20.3 Å². The number of ether oxygens (including phenoxy) is 3. The van der Waals surface area contributed by atoms with Crippen LogP contribution in [0.4, 0.5) is 0 Å². The van der Waals surface area contributed by atoms with Crippen LogP contribution in [0.25, 0.3) is 0 Å². The zero-order valence-corrected chi connectivity index (χ0v) is 16.1. The van der Waals surface area contributed by atoms with Gasteiger partial charge in [-0.05, 0) is 50.2 Å². The Bertz CT molecular complexity index is 839. The highest BCUT2D eigenvalue weighted by Gasteiger charge is 2.14. The van der Waals surface area contributed by atoms with E-state index in [1.165, 1.54) is 13.2 Å². The zero-order valence-electron chi connectivity index (χ0n) is 15.3. The van der Waals surface area contributed by atoms with Crippen LogP contribution in [-0.2, 0) is 4.84 Å². The van der Waals surface area contributed by atoms with Crippen molar-refractivity contribution in [2.45, 2.75) is 13.8 Å². The van der Waals surface area contributed by atoms with Gasteiger partial charge in [0, 0.05) is 5.02 Å². The summed E-state index contributed by atoms with van der Waals surface area (Å²) >= 11 is 5.96. The second kappa shape index (κ2) is 9.68. The van der Waals surface area contributed by atoms with E-state index in [2.05, 4.69) is 5.16 Å². The maximum absolute atomic E-state index is 12.3. The standard InChI is InChI=1S/C19H21ClN2O5/c1-4-25-16-8-6-12(10-17(16)26-5-2)19(23)27-22-18(21)14-11-13(20)7-9-15(14)24-3/h6-11H,4-5H2,1-3H3,(H2,21,22). The van der Waals surface area contributed by atoms with Crippen LogP contribution >= 0.6 is 11.6 Å². The van der Waals surface area contributed by atoms with Gasteiger partial charge in [0.25, 0.3) is 0 Å². The van der Waals surface area contributed by atoms with E-state index in [0.29, 0.717) is 41.0 Å². The number of oxime groups is 1. The van der Waals surface area contributed by atoms with E-state index in [1.807, 2.05) is 13.8 Å². The molecule has 27 heavy (non-hydrogen) atoms. The molecule has 0 unspecified atom stereocenters. The molecule has 0 aliphatic rings. The molecule has 0 aromatic heterocycles. The van der Waals surface area contributed by atoms with E-state index in [-0.39, 0.29) is 11.4 Å². The summed E-state index contributed by atoms with van der Waals surface area (Å²) in [5.41, 5.74) is 6.56. The second-order valence-electron chi connectivity index (χ2n) is 5.23. The molecule has 0 amide bonds. The number of carbonyl (C=O) groups is 1. The highest BCUT2D eigenvalue weighted by molar-refractivity contribution is 6.31. The number of halogens is 1. The van der Waals surface area contributed by atoms with Crippen LogP contribution in [0.15, 0.2) is 41.6 Å². The summed E-state index contributed by atoms with van der Waals surface area (Å²) in [4.78, 5) is 17.2. The molecule has 0 aliphatic carbocycles. The zero-order chi connectivity index (χ0) is 19.8. The lowest BCUT2D eigenvalue weighted by Gasteiger charge is -2.11. The summed E-state index contributed by atoms with van der Waals surface area (Å²) in [7, 11) is 1.49. The van der Waals surface area contributed by atoms with Crippen LogP contribution in [0, 0.1) is 0 Å². The van der Waals surface area contributed by atoms with Gasteiger partial charge in [0.05, 0.1) is 31.5 Å². The quantitative estimate of drug-likeness (QED) is 0.319. The van der Waals surface area contributed by atoms with Gasteiger partial charge in [-0.1, -0.05) is 16.8 Å². The van der Waals surface area contributed by atoms with Gasteiger partial charge in [-0.2, -0.15) is 0 Å². The van der Waals surface area contributed by atoms with Gasteiger partial charge < -0.3 is 24.8 Å². The van der Waals surface area contributed by atoms with Gasteiger partial charge in [-0.25, -0.2) is 4.79 Å². The second-order valence-corrected chi connectivity index (χ2v) is 5.66. The number of methoxy groups -OCH3 is 1. The van der Waals surface area contributed by atoms with Gasteiger partial charge >= 0.3 is 5.97 Å². The van der Waals surface area contributed by atoms with E-state index in [0.717, 1.165) is 0 Å². The number of nitrogens with two attached hydrogens (primary N) is 1. The highest BCUT2D eigenvalue weighted by atomic mass is 35.5. The fourth-order valence-corrected chi connectivity index (χ4v) is 2.42. The molecule has 0 heterocycles. The molecule has 0 saturated heterocycles. The van der Waals surface area contributed by atoms with Crippen LogP contribution in [0.2, 0.25) is 5.02 Å². The first-order valence-electron chi connectivity index (χ1n) is 8.28. The Kier molecular flexibility index (Phi) is 7.31. The summed E-state index contributed by atoms with van der Waals surface area (Å²) in [5.74, 6) is 0.711. The van der Waals surface area contributed by atoms with Gasteiger partial charge in [-0.3, -0.25) is 0 Å². The van der Waals surface area contributed by atoms with Crippen LogP contribution in [-0.4, -0.2) is 32.1 Å². The smallest absolute Gasteiger partial charge is 0.365 e. The van der Waals surface area contributed by atoms with Crippen molar-refractivity contribution >= 4 is 23.4 Å². The summed E-state index contributed by atoms with van der Waals surface area (Å²) < 4.78 is 16.2. The van der Waals surface area contributed by atoms with Crippen LogP contribution in [0.5, 0.6) is 17.2 Å². The fourth-order valence-electron chi connectivity index (χ4n) is 2.25. The van der Waals surface area contributed by atoms with E-state index in [4.69, 9.17) is 36.4 Å². The van der Waals surface area contributed by atoms with Crippen molar-refractivity contribution < 1.29 is 23.8 Å². The maximum atomic E-state index is 12.3. The number of hydrogen-bond donors (Lipinski definition) is 1. The molecule has 0 atom stereocenters. The van der Waals surface area contributed by atoms with Gasteiger partial charge in [0.15, 0.2) is 17.3 Å². The molecule has 2 aromatic carbocycles. The number of hydrogen-bond acceptors (Lipinski definition) is 6. The number of rotatable bonds is 8. The first-order valence-corrected chi connectivity index (χ1v) is 8.66. The van der Waals surface area contributed by atoms with Gasteiger partial charge in [0.1, 0.15) is 5.75 Å². The van der Waals surface area contributed by atoms with Crippen LogP contribution < -0.4 is 19.9 Å². The minimum absolute atomic E-state index is 0.0429. The summed E-state index contributed by atoms with van der Waals surface area (Å²) in [5, 5.41) is 4.14. The molecule has 0 bridgehead atoms. The molecule has 0 spiro atoms. The van der Waals surface area contributed by atoms with Crippen molar-refractivity contribution in [1.29, 1.82) is 0 Å². The van der Waals surface area contributed by atoms with Crippen LogP contribution in [0.3, 0.4) is 0 Å². The molecule has 0 radical (unpaired) electrons. The number of amidine groups is 1. The van der Waals surface area contributed by atoms with Crippen molar-refractivity contribution in [3.63, 3.8) is 0 Å². The molecular weight excluding hydrogens is 372 g/mol. The topological polar surface area (TPSA) is 92.4 Å². The van der Waals surface area contributed by atoms with E-state index >= 15 is 0 Å². The minimum Gasteiger partial charge on any atom is -0.496 e. The Labute approximate surface area is 162 Å². The van der Waals surface area contributed by atoms with Crippen molar-refractivity contribution in [1.82, 2.24) is 0 Å². The average Bonchev–Trinajstić information content (AvgIpc) is 2.67. The number of nitrogens with zero attached hydrogens (tertiary/aromatic N) is 1. The monoisotopic (exact) mass is 392 g/mol. The Morgan fingerprint density at radius 3 is 2.37 bits per heavy atom. The Morgan fingerprint density at radius 2 is 1.70 bits per heavy atom. The predicted octanol–water partition coefficient (Wildman–Crippen LogP) is 3.62. The summed E-state index contributed by atoms with van der Waals surface area (Å²) in [6.07, 6.45) is 0. The lowest BCUT2D eigenvalue weighted by Crippen LogP contribution is -2.16. The molecule has 144 valence electrons. The Hall–Kier alpha value is -2.93. The lowest BCUT2D eigenvalue weighted by atomic mass is 10.2. The average molecular weight is 393 g/mol. The Balaban J connectivity index is 2.20. The third-order valence-electron chi connectivity index (χ3n) is 3.44. The third-order valence-corrected chi connectivity index (χ3v) is 3.68. The molecule has 0 aliphatic heterocycles. The van der Waals surface area contributed by atoms with Crippen molar-refractivity contribution in [2.24, 2.45) is 10.9 Å². The van der Waals surface area contributed by atoms with Gasteiger partial charge in [-0.15, -0.1) is 0 Å². The molecule has 2 rings (SSSR count). The first-order chi connectivity index (χ1) is 13.0. The molecule has 2 N–H and O–H groups in total. The fraction of sp³-hybridized carbons (Fsp3) is 0.263. The molecule has 7 nitrogen and oxygen atoms in total. The summed E-state index contributed by atoms with van der Waals surface area (Å²) in [6.45, 7) is 4.61. The first kappa shape index (κ1) is 20.4. The number of carbonyl (C=O) groups excluding carboxylic acids is 1. The molecular formula is C19H21ClN2O5. The van der Waals surface area contributed by atoms with E-state index in [1.54, 1.807) is 30.3 Å². The predicted molar refractivity (Wildman–Crippen MR) is 103 cm³/mol. The van der Waals surface area contributed by atoms with Gasteiger partial charge in [0.2, 0.25) is 0 Å². The largest absolute Gasteiger partial charge is 0.496 e. The SMILES string of the molecule is CCOc1ccc(C(=O)O/N=C(\N)c2cc(Cl)ccc2OC)cc1OCC. The van der Waals surface area contributed by atoms with Crippen molar-refractivity contribution in [3.8, 4) is 17.2 Å². The lowest BCUT2D eigenvalue weighted by molar-refractivity contribution is 0.0515.